The Morgan fingerprint density at radius 2 is 2.05 bits per heavy atom. The molecule has 0 aromatic heterocycles. The van der Waals surface area contributed by atoms with Crippen LogP contribution in [0.3, 0.4) is 0 Å². The van der Waals surface area contributed by atoms with E-state index in [9.17, 15) is 13.5 Å². The van der Waals surface area contributed by atoms with E-state index in [2.05, 4.69) is 0 Å². The molecule has 6 heteroatoms. The molecule has 0 bridgehead atoms. The fourth-order valence-corrected chi connectivity index (χ4v) is 4.57. The lowest BCUT2D eigenvalue weighted by atomic mass is 9.91. The first-order valence-electron chi connectivity index (χ1n) is 7.02. The third-order valence-corrected chi connectivity index (χ3v) is 5.63. The number of aliphatic hydroxyl groups is 1. The fraction of sp³-hybridized carbons (Fsp3) is 0.600. The largest absolute Gasteiger partial charge is 0.491 e. The van der Waals surface area contributed by atoms with Crippen molar-refractivity contribution in [1.29, 1.82) is 0 Å². The normalized spacial score (nSPS) is 26.0. The molecule has 1 aliphatic rings. The minimum absolute atomic E-state index is 0.354. The van der Waals surface area contributed by atoms with Crippen LogP contribution in [-0.4, -0.2) is 45.4 Å². The molecule has 1 aliphatic carbocycles. The highest BCUT2D eigenvalue weighted by molar-refractivity contribution is 7.91. The summed E-state index contributed by atoms with van der Waals surface area (Å²) in [5, 5.41) is 10.2. The van der Waals surface area contributed by atoms with Gasteiger partial charge in [-0.1, -0.05) is 18.2 Å². The highest BCUT2D eigenvalue weighted by atomic mass is 32.2. The van der Waals surface area contributed by atoms with Crippen LogP contribution in [0, 0.1) is 0 Å². The Morgan fingerprint density at radius 1 is 1.33 bits per heavy atom. The Bertz CT molecular complexity index is 583. The lowest BCUT2D eigenvalue weighted by Gasteiger charge is -2.31. The average molecular weight is 314 g/mol. The molecule has 0 heterocycles. The summed E-state index contributed by atoms with van der Waals surface area (Å²) in [6.45, 7) is 0.787. The molecule has 0 radical (unpaired) electrons. The lowest BCUT2D eigenvalue weighted by Crippen LogP contribution is -2.40. The minimum Gasteiger partial charge on any atom is -0.491 e. The van der Waals surface area contributed by atoms with Crippen LogP contribution in [0.2, 0.25) is 0 Å². The summed E-state index contributed by atoms with van der Waals surface area (Å²) < 4.78 is 34.5. The summed E-state index contributed by atoms with van der Waals surface area (Å²) in [5.41, 5.74) is -0.828. The smallest absolute Gasteiger partial charge is 0.153 e. The first kappa shape index (κ1) is 16.3. The molecule has 2 rings (SSSR count). The maximum atomic E-state index is 12.0. The summed E-state index contributed by atoms with van der Waals surface area (Å²) in [7, 11) is -1.75. The van der Waals surface area contributed by atoms with E-state index in [1.165, 1.54) is 6.26 Å². The quantitative estimate of drug-likeness (QED) is 0.806. The molecule has 5 nitrogen and oxygen atoms in total. The number of benzene rings is 1. The molecule has 21 heavy (non-hydrogen) atoms. The second kappa shape index (κ2) is 6.34. The van der Waals surface area contributed by atoms with Gasteiger partial charge < -0.3 is 14.6 Å². The van der Waals surface area contributed by atoms with Gasteiger partial charge in [0.1, 0.15) is 18.0 Å². The average Bonchev–Trinajstić information content (AvgIpc) is 2.83. The van der Waals surface area contributed by atoms with Gasteiger partial charge in [-0.3, -0.25) is 0 Å². The van der Waals surface area contributed by atoms with Crippen molar-refractivity contribution < 1.29 is 23.0 Å². The molecule has 1 aromatic carbocycles. The van der Waals surface area contributed by atoms with E-state index < -0.39 is 20.7 Å². The first-order valence-corrected chi connectivity index (χ1v) is 8.97. The van der Waals surface area contributed by atoms with Crippen LogP contribution in [0.5, 0.6) is 5.75 Å². The Morgan fingerprint density at radius 3 is 2.71 bits per heavy atom. The number of ether oxygens (including phenoxy) is 2. The predicted octanol–water partition coefficient (Wildman–Crippen LogP) is 1.50. The molecular formula is C15H22O5S. The third kappa shape index (κ3) is 3.39. The second-order valence-corrected chi connectivity index (χ2v) is 7.70. The van der Waals surface area contributed by atoms with Crippen molar-refractivity contribution in [3.8, 4) is 5.75 Å². The van der Waals surface area contributed by atoms with Crippen LogP contribution in [-0.2, 0) is 20.2 Å². The molecule has 0 saturated heterocycles. The van der Waals surface area contributed by atoms with Gasteiger partial charge in [-0.15, -0.1) is 0 Å². The van der Waals surface area contributed by atoms with Gasteiger partial charge in [0.25, 0.3) is 0 Å². The van der Waals surface area contributed by atoms with Crippen molar-refractivity contribution in [2.24, 2.45) is 0 Å². The molecule has 1 fully saturated rings. The van der Waals surface area contributed by atoms with Gasteiger partial charge in [0.2, 0.25) is 0 Å². The van der Waals surface area contributed by atoms with Crippen molar-refractivity contribution in [3.05, 3.63) is 29.8 Å². The molecule has 1 saturated carbocycles. The highest BCUT2D eigenvalue weighted by Gasteiger charge is 2.49. The van der Waals surface area contributed by atoms with E-state index in [0.29, 0.717) is 43.8 Å². The number of hydrogen-bond donors (Lipinski definition) is 1. The predicted molar refractivity (Wildman–Crippen MR) is 80.2 cm³/mol. The van der Waals surface area contributed by atoms with E-state index in [0.717, 1.165) is 0 Å². The zero-order valence-electron chi connectivity index (χ0n) is 12.4. The van der Waals surface area contributed by atoms with E-state index in [1.807, 2.05) is 0 Å². The van der Waals surface area contributed by atoms with Crippen molar-refractivity contribution in [3.63, 3.8) is 0 Å². The van der Waals surface area contributed by atoms with E-state index >= 15 is 0 Å². The SMILES string of the molecule is COCCOc1ccccc1C1(O)CCCC1S(C)(=O)=O. The van der Waals surface area contributed by atoms with Crippen molar-refractivity contribution >= 4 is 9.84 Å². The molecule has 2 unspecified atom stereocenters. The monoisotopic (exact) mass is 314 g/mol. The van der Waals surface area contributed by atoms with Crippen LogP contribution in [0.15, 0.2) is 24.3 Å². The standard InChI is InChI=1S/C15H22O5S/c1-19-10-11-20-13-7-4-3-6-12(13)15(16)9-5-8-14(15)21(2,17)18/h3-4,6-7,14,16H,5,8-11H2,1-2H3. The van der Waals surface area contributed by atoms with Crippen molar-refractivity contribution in [2.45, 2.75) is 30.1 Å². The van der Waals surface area contributed by atoms with E-state index in [-0.39, 0.29) is 0 Å². The molecule has 0 spiro atoms. The van der Waals surface area contributed by atoms with Gasteiger partial charge in [-0.25, -0.2) is 8.42 Å². The topological polar surface area (TPSA) is 72.8 Å². The Balaban J connectivity index is 2.36. The number of rotatable bonds is 6. The number of hydrogen-bond acceptors (Lipinski definition) is 5. The van der Waals surface area contributed by atoms with Crippen LogP contribution in [0.1, 0.15) is 24.8 Å². The van der Waals surface area contributed by atoms with Gasteiger partial charge in [-0.2, -0.15) is 0 Å². The number of sulfone groups is 1. The minimum atomic E-state index is -3.33. The van der Waals surface area contributed by atoms with Gasteiger partial charge in [-0.05, 0) is 25.3 Å². The molecule has 2 atom stereocenters. The van der Waals surface area contributed by atoms with E-state index in [4.69, 9.17) is 9.47 Å². The van der Waals surface area contributed by atoms with Crippen molar-refractivity contribution in [2.75, 3.05) is 26.6 Å². The molecule has 0 aliphatic heterocycles. The zero-order valence-corrected chi connectivity index (χ0v) is 13.2. The summed E-state index contributed by atoms with van der Waals surface area (Å²) in [6.07, 6.45) is 2.76. The van der Waals surface area contributed by atoms with Crippen LogP contribution in [0.25, 0.3) is 0 Å². The lowest BCUT2D eigenvalue weighted by molar-refractivity contribution is 0.0434. The second-order valence-electron chi connectivity index (χ2n) is 5.47. The zero-order chi connectivity index (χ0) is 15.5. The van der Waals surface area contributed by atoms with E-state index in [1.54, 1.807) is 31.4 Å². The number of methoxy groups -OCH3 is 1. The number of para-hydroxylation sites is 1. The molecule has 118 valence electrons. The molecule has 0 amide bonds. The maximum absolute atomic E-state index is 12.0. The summed E-state index contributed by atoms with van der Waals surface area (Å²) >= 11 is 0. The van der Waals surface area contributed by atoms with Gasteiger partial charge in [0, 0.05) is 18.9 Å². The first-order chi connectivity index (χ1) is 9.89. The third-order valence-electron chi connectivity index (χ3n) is 3.97. The summed E-state index contributed by atoms with van der Waals surface area (Å²) in [4.78, 5) is 0. The molecule has 1 aromatic rings. The van der Waals surface area contributed by atoms with Crippen LogP contribution in [0.4, 0.5) is 0 Å². The van der Waals surface area contributed by atoms with Gasteiger partial charge >= 0.3 is 0 Å². The fourth-order valence-electron chi connectivity index (χ4n) is 3.02. The van der Waals surface area contributed by atoms with Gasteiger partial charge in [0.05, 0.1) is 11.9 Å². The molecule has 1 N–H and O–H groups in total. The van der Waals surface area contributed by atoms with Gasteiger partial charge in [0.15, 0.2) is 9.84 Å². The van der Waals surface area contributed by atoms with Crippen molar-refractivity contribution in [1.82, 2.24) is 0 Å². The van der Waals surface area contributed by atoms with Crippen LogP contribution < -0.4 is 4.74 Å². The summed E-state index contributed by atoms with van der Waals surface area (Å²) in [5.74, 6) is 0.521. The Hall–Kier alpha value is -1.11. The molecular weight excluding hydrogens is 292 g/mol. The maximum Gasteiger partial charge on any atom is 0.153 e. The Labute approximate surface area is 125 Å². The highest BCUT2D eigenvalue weighted by Crippen LogP contribution is 2.45. The Kier molecular flexibility index (Phi) is 4.91. The summed E-state index contributed by atoms with van der Waals surface area (Å²) in [6, 6.07) is 7.08. The van der Waals surface area contributed by atoms with Crippen LogP contribution >= 0.6 is 0 Å².